The third-order valence-electron chi connectivity index (χ3n) is 5.90. The van der Waals surface area contributed by atoms with Crippen LogP contribution in [-0.4, -0.2) is 52.9 Å². The van der Waals surface area contributed by atoms with Crippen molar-refractivity contribution in [3.05, 3.63) is 22.2 Å². The molecule has 2 aliphatic rings. The fourth-order valence-electron chi connectivity index (χ4n) is 4.31. The Kier molecular flexibility index (Phi) is 6.07. The number of hydrogen-bond acceptors (Lipinski definition) is 4. The van der Waals surface area contributed by atoms with E-state index in [9.17, 15) is 14.4 Å². The third-order valence-corrected chi connectivity index (χ3v) is 5.90. The standard InChI is InChI=1S/C20H31N3O4/c1-15(2)7-11-23-14-20(9-6-19(23)26)8-3-10-22(13-20)18(25)5-4-16-12-17(24)21-27-16/h12,15H,3-11,13-14H2,1-2H3,(H,21,24). The zero-order valence-corrected chi connectivity index (χ0v) is 16.5. The molecule has 3 heterocycles. The third kappa shape index (κ3) is 5.02. The second-order valence-corrected chi connectivity index (χ2v) is 8.60. The summed E-state index contributed by atoms with van der Waals surface area (Å²) in [6.07, 6.45) is 5.32. The van der Waals surface area contributed by atoms with Gasteiger partial charge in [0.25, 0.3) is 5.56 Å². The molecule has 3 rings (SSSR count). The minimum absolute atomic E-state index is 0.0411. The summed E-state index contributed by atoms with van der Waals surface area (Å²) < 4.78 is 5.03. The largest absolute Gasteiger partial charge is 0.384 e. The number of aryl methyl sites for hydroxylation is 1. The molecule has 27 heavy (non-hydrogen) atoms. The van der Waals surface area contributed by atoms with Crippen LogP contribution in [0.25, 0.3) is 0 Å². The Morgan fingerprint density at radius 2 is 2.11 bits per heavy atom. The monoisotopic (exact) mass is 377 g/mol. The highest BCUT2D eigenvalue weighted by molar-refractivity contribution is 5.78. The van der Waals surface area contributed by atoms with E-state index in [1.807, 2.05) is 9.80 Å². The zero-order chi connectivity index (χ0) is 19.4. The maximum atomic E-state index is 12.7. The lowest BCUT2D eigenvalue weighted by atomic mass is 9.73. The van der Waals surface area contributed by atoms with E-state index in [2.05, 4.69) is 19.0 Å². The van der Waals surface area contributed by atoms with Crippen LogP contribution in [-0.2, 0) is 16.0 Å². The van der Waals surface area contributed by atoms with Gasteiger partial charge in [0.2, 0.25) is 11.8 Å². The number of amides is 2. The molecule has 0 aromatic carbocycles. The summed E-state index contributed by atoms with van der Waals surface area (Å²) >= 11 is 0. The summed E-state index contributed by atoms with van der Waals surface area (Å²) in [4.78, 5) is 40.1. The van der Waals surface area contributed by atoms with Crippen molar-refractivity contribution in [3.63, 3.8) is 0 Å². The lowest BCUT2D eigenvalue weighted by Gasteiger charge is -2.48. The van der Waals surface area contributed by atoms with Gasteiger partial charge in [-0.1, -0.05) is 13.8 Å². The van der Waals surface area contributed by atoms with Gasteiger partial charge >= 0.3 is 0 Å². The van der Waals surface area contributed by atoms with Crippen LogP contribution in [0.1, 0.15) is 58.1 Å². The topological polar surface area (TPSA) is 86.6 Å². The first-order valence-corrected chi connectivity index (χ1v) is 10.1. The minimum atomic E-state index is -0.275. The number of H-pyrrole nitrogens is 1. The molecule has 2 amide bonds. The SMILES string of the molecule is CC(C)CCN1CC2(CCCN(C(=O)CCc3cc(=O)[nH]o3)C2)CCC1=O. The van der Waals surface area contributed by atoms with Crippen LogP contribution in [0.5, 0.6) is 0 Å². The molecule has 7 heteroatoms. The van der Waals surface area contributed by atoms with Crippen molar-refractivity contribution in [2.45, 2.75) is 58.8 Å². The Morgan fingerprint density at radius 1 is 1.30 bits per heavy atom. The van der Waals surface area contributed by atoms with E-state index in [-0.39, 0.29) is 22.8 Å². The number of nitrogens with one attached hydrogen (secondary N) is 1. The number of carbonyl (C=O) groups is 2. The maximum Gasteiger partial charge on any atom is 0.280 e. The van der Waals surface area contributed by atoms with E-state index in [1.165, 1.54) is 6.07 Å². The molecule has 1 atom stereocenters. The maximum absolute atomic E-state index is 12.7. The number of rotatable bonds is 6. The molecular formula is C20H31N3O4. The van der Waals surface area contributed by atoms with E-state index in [4.69, 9.17) is 4.52 Å². The Bertz CT molecular complexity index is 723. The molecule has 150 valence electrons. The molecule has 1 N–H and O–H groups in total. The van der Waals surface area contributed by atoms with Crippen molar-refractivity contribution in [2.24, 2.45) is 11.3 Å². The summed E-state index contributed by atoms with van der Waals surface area (Å²) in [6.45, 7) is 7.45. The van der Waals surface area contributed by atoms with Crippen LogP contribution < -0.4 is 5.56 Å². The smallest absolute Gasteiger partial charge is 0.280 e. The first-order valence-electron chi connectivity index (χ1n) is 10.1. The van der Waals surface area contributed by atoms with Crippen LogP contribution >= 0.6 is 0 Å². The fraction of sp³-hybridized carbons (Fsp3) is 0.750. The molecule has 1 aromatic rings. The highest BCUT2D eigenvalue weighted by Gasteiger charge is 2.42. The number of nitrogens with zero attached hydrogens (tertiary/aromatic N) is 2. The summed E-state index contributed by atoms with van der Waals surface area (Å²) in [6, 6.07) is 1.39. The van der Waals surface area contributed by atoms with Crippen molar-refractivity contribution in [2.75, 3.05) is 26.2 Å². The van der Waals surface area contributed by atoms with Gasteiger partial charge in [0.15, 0.2) is 0 Å². The molecule has 1 unspecified atom stereocenters. The Labute approximate surface area is 160 Å². The van der Waals surface area contributed by atoms with Gasteiger partial charge in [-0.15, -0.1) is 0 Å². The van der Waals surface area contributed by atoms with E-state index in [0.29, 0.717) is 30.9 Å². The van der Waals surface area contributed by atoms with Gasteiger partial charge in [-0.2, -0.15) is 5.16 Å². The van der Waals surface area contributed by atoms with Crippen molar-refractivity contribution in [3.8, 4) is 0 Å². The van der Waals surface area contributed by atoms with E-state index >= 15 is 0 Å². The zero-order valence-electron chi connectivity index (χ0n) is 16.5. The van der Waals surface area contributed by atoms with Crippen LogP contribution in [0, 0.1) is 11.3 Å². The van der Waals surface area contributed by atoms with Crippen LogP contribution in [0.2, 0.25) is 0 Å². The molecule has 2 saturated heterocycles. The van der Waals surface area contributed by atoms with Gasteiger partial charge in [-0.05, 0) is 31.6 Å². The van der Waals surface area contributed by atoms with Gasteiger partial charge in [0.1, 0.15) is 5.76 Å². The van der Waals surface area contributed by atoms with Crippen molar-refractivity contribution in [1.29, 1.82) is 0 Å². The molecule has 0 aliphatic carbocycles. The molecule has 1 aromatic heterocycles. The quantitative estimate of drug-likeness (QED) is 0.823. The van der Waals surface area contributed by atoms with Crippen LogP contribution in [0.4, 0.5) is 0 Å². The summed E-state index contributed by atoms with van der Waals surface area (Å²) in [5.41, 5.74) is -0.234. The Hall–Kier alpha value is -2.05. The van der Waals surface area contributed by atoms with Crippen molar-refractivity contribution < 1.29 is 14.1 Å². The fourth-order valence-corrected chi connectivity index (χ4v) is 4.31. The number of likely N-dealkylation sites (tertiary alicyclic amines) is 2. The normalized spacial score (nSPS) is 23.4. The summed E-state index contributed by atoms with van der Waals surface area (Å²) in [5, 5.41) is 2.25. The lowest BCUT2D eigenvalue weighted by molar-refractivity contribution is -0.143. The van der Waals surface area contributed by atoms with Crippen molar-refractivity contribution in [1.82, 2.24) is 15.0 Å². The molecular weight excluding hydrogens is 346 g/mol. The Balaban J connectivity index is 1.57. The number of aromatic nitrogens is 1. The minimum Gasteiger partial charge on any atom is -0.384 e. The van der Waals surface area contributed by atoms with E-state index < -0.39 is 0 Å². The van der Waals surface area contributed by atoms with Gasteiger partial charge < -0.3 is 14.3 Å². The average molecular weight is 377 g/mol. The summed E-state index contributed by atoms with van der Waals surface area (Å²) in [7, 11) is 0. The first-order chi connectivity index (χ1) is 12.9. The van der Waals surface area contributed by atoms with E-state index in [1.54, 1.807) is 0 Å². The molecule has 0 bridgehead atoms. The summed E-state index contributed by atoms with van der Waals surface area (Å²) in [5.74, 6) is 1.45. The molecule has 1 spiro atoms. The predicted molar refractivity (Wildman–Crippen MR) is 101 cm³/mol. The van der Waals surface area contributed by atoms with Gasteiger partial charge in [0, 0.05) is 56.9 Å². The molecule has 2 fully saturated rings. The Morgan fingerprint density at radius 3 is 2.81 bits per heavy atom. The number of carbonyl (C=O) groups excluding carboxylic acids is 2. The second-order valence-electron chi connectivity index (χ2n) is 8.60. The molecule has 2 aliphatic heterocycles. The number of piperidine rings is 2. The van der Waals surface area contributed by atoms with Gasteiger partial charge in [-0.25, -0.2) is 0 Å². The van der Waals surface area contributed by atoms with Crippen molar-refractivity contribution >= 4 is 11.8 Å². The first kappa shape index (κ1) is 19.7. The molecule has 7 nitrogen and oxygen atoms in total. The van der Waals surface area contributed by atoms with Gasteiger partial charge in [-0.3, -0.25) is 14.4 Å². The molecule has 0 saturated carbocycles. The van der Waals surface area contributed by atoms with Crippen LogP contribution in [0.15, 0.2) is 15.4 Å². The number of aromatic amines is 1. The second kappa shape index (κ2) is 8.31. The highest BCUT2D eigenvalue weighted by atomic mass is 16.5. The number of hydrogen-bond donors (Lipinski definition) is 1. The van der Waals surface area contributed by atoms with Gasteiger partial charge in [0.05, 0.1) is 0 Å². The predicted octanol–water partition coefficient (Wildman–Crippen LogP) is 2.18. The van der Waals surface area contributed by atoms with Crippen LogP contribution in [0.3, 0.4) is 0 Å². The lowest BCUT2D eigenvalue weighted by Crippen LogP contribution is -2.55. The van der Waals surface area contributed by atoms with E-state index in [0.717, 1.165) is 51.9 Å². The molecule has 0 radical (unpaired) electrons. The average Bonchev–Trinajstić information content (AvgIpc) is 3.06. The highest BCUT2D eigenvalue weighted by Crippen LogP contribution is 2.39.